The molecule has 4 saturated heterocycles. The third kappa shape index (κ3) is 19.4. The van der Waals surface area contributed by atoms with E-state index in [1.54, 1.807) is 32.5 Å². The van der Waals surface area contributed by atoms with Gasteiger partial charge in [0.2, 0.25) is 35.4 Å². The Balaban J connectivity index is 0.986. The molecule has 4 aliphatic rings. The first-order chi connectivity index (χ1) is 47.5. The van der Waals surface area contributed by atoms with Crippen LogP contribution in [0.1, 0.15) is 86.7 Å². The molecular formula is C64H82N12O21S2. The second kappa shape index (κ2) is 34.9. The first kappa shape index (κ1) is 74.6. The average Bonchev–Trinajstić information content (AvgIpc) is 1.71. The number of aromatic hydroxyl groups is 1. The Kier molecular flexibility index (Phi) is 26.3. The molecule has 2 aromatic heterocycles. The number of aliphatic hydroxyl groups excluding tert-OH is 5. The van der Waals surface area contributed by atoms with Gasteiger partial charge < -0.3 is 90.3 Å². The molecule has 0 spiro atoms. The summed E-state index contributed by atoms with van der Waals surface area (Å²) in [4.78, 5) is 120. The molecule has 4 fully saturated rings. The quantitative estimate of drug-likeness (QED) is 0.0175. The highest BCUT2D eigenvalue weighted by Crippen LogP contribution is 2.34. The molecule has 99 heavy (non-hydrogen) atoms. The minimum atomic E-state index is -2.14. The van der Waals surface area contributed by atoms with Gasteiger partial charge in [-0.25, -0.2) is 10.1 Å². The van der Waals surface area contributed by atoms with Crippen molar-refractivity contribution < 1.29 is 102 Å². The van der Waals surface area contributed by atoms with Crippen LogP contribution in [-0.4, -0.2) is 237 Å². The van der Waals surface area contributed by atoms with Crippen LogP contribution in [0.3, 0.4) is 0 Å². The number of nitrogens with zero attached hydrogens (tertiary/aromatic N) is 7. The van der Waals surface area contributed by atoms with Gasteiger partial charge in [-0.05, 0) is 73.9 Å². The zero-order valence-electron chi connectivity index (χ0n) is 54.6. The highest BCUT2D eigenvalue weighted by atomic mass is 32.2. The van der Waals surface area contributed by atoms with Crippen LogP contribution in [0.25, 0.3) is 21.1 Å². The van der Waals surface area contributed by atoms with Crippen molar-refractivity contribution >= 4 is 71.1 Å². The minimum Gasteiger partial charge on any atom is -0.504 e. The molecule has 0 saturated carbocycles. The van der Waals surface area contributed by atoms with Gasteiger partial charge in [0.1, 0.15) is 58.1 Å². The van der Waals surface area contributed by atoms with Gasteiger partial charge in [-0.15, -0.1) is 10.2 Å². The molecule has 4 aliphatic heterocycles. The van der Waals surface area contributed by atoms with Crippen LogP contribution >= 0.6 is 23.7 Å². The molecule has 0 radical (unpaired) electrons. The van der Waals surface area contributed by atoms with Crippen LogP contribution in [0.2, 0.25) is 0 Å². The second-order valence-electron chi connectivity index (χ2n) is 24.8. The van der Waals surface area contributed by atoms with Gasteiger partial charge in [-0.1, -0.05) is 65.1 Å². The van der Waals surface area contributed by atoms with Crippen molar-refractivity contribution in [1.82, 2.24) is 61.3 Å². The van der Waals surface area contributed by atoms with Crippen LogP contribution in [0.4, 0.5) is 4.79 Å². The molecule has 8 amide bonds. The van der Waals surface area contributed by atoms with Crippen molar-refractivity contribution in [3.63, 3.8) is 0 Å². The number of phenols is 1. The SMILES string of the molecule is COCCCCCCCOc1ccc(-c2nnc(-c3ccc(C(=O)N[C@H]4C[C@@H](O)CNC(=O)[C@@H]5[C@@H](O)[C@H](C)CN5C(=O)[C@H]([C@H]5CCN(Cc6cnn(C)c6)C(=O)O5)NC(=O)[C@H]([C@H](O)Cc5ccc(O)c(OSOOO)c5)NC(=O)[C@@H]5C[C@@H](O)CN5C(=O)[C@H]([C@H](C)O)NC4=O)cc3)s2)cc1. The van der Waals surface area contributed by atoms with Crippen molar-refractivity contribution in [2.75, 3.05) is 46.5 Å². The van der Waals surface area contributed by atoms with Gasteiger partial charge >= 0.3 is 6.09 Å². The number of hydrogen-bond acceptors (Lipinski definition) is 26. The highest BCUT2D eigenvalue weighted by molar-refractivity contribution is 7.90. The van der Waals surface area contributed by atoms with Gasteiger partial charge in [0.05, 0.1) is 49.9 Å². The van der Waals surface area contributed by atoms with E-state index < -0.39 is 164 Å². The molecule has 0 unspecified atom stereocenters. The molecule has 0 aliphatic carbocycles. The number of ether oxygens (including phenoxy) is 3. The van der Waals surface area contributed by atoms with Crippen LogP contribution in [0, 0.1) is 5.92 Å². The van der Waals surface area contributed by atoms with Gasteiger partial charge in [-0.3, -0.25) is 38.2 Å². The number of methoxy groups -OCH3 is 1. The number of phenolic OH excluding ortho intramolecular Hbond substituents is 1. The maximum Gasteiger partial charge on any atom is 0.410 e. The number of cyclic esters (lactones) is 1. The smallest absolute Gasteiger partial charge is 0.410 e. The molecule has 12 N–H and O–H groups in total. The van der Waals surface area contributed by atoms with Crippen molar-refractivity contribution in [1.29, 1.82) is 0 Å². The Bertz CT molecular complexity index is 3610. The van der Waals surface area contributed by atoms with E-state index in [9.17, 15) is 59.4 Å². The standard InChI is InChI=1S/C64H82N12O21S2/c1-34-30-76-53(54(34)82)59(87)65-29-41(78)26-44(67-55(83)38-11-13-39(14-12-38)60-71-72-61(98-60)40-15-17-43(18-16-40)93-23-9-7-5-6-8-22-92-4)56(84)68-50(35(2)77)62(88)75-33-42(79)27-45(75)57(85)69-51(47(81)24-36-10-19-46(80)49(25-36)95-99-97-96-91)58(86)70-52(63(76)89)48-20-21-74(64(90)94-48)32-37-28-66-73(3)31-37/h10-19,25,28,31,34-35,41-42,44-45,47-48,50-54,77-82,91H,5-9,20-24,26-27,29-30,32-33H2,1-4H3,(H,65,87)(H,67,83)(H,68,84)(H,69,85)(H,70,86)/t34-,35+,41-,42-,44+,45+,47-,48-,50+,51+,52+,53+,54+/m1/s1. The van der Waals surface area contributed by atoms with Crippen LogP contribution in [0.15, 0.2) is 79.1 Å². The van der Waals surface area contributed by atoms with Crippen molar-refractivity contribution in [2.45, 2.75) is 151 Å². The summed E-state index contributed by atoms with van der Waals surface area (Å²) in [6.45, 7) is 2.37. The Hall–Kier alpha value is -8.62. The van der Waals surface area contributed by atoms with Crippen LogP contribution < -0.4 is 35.5 Å². The number of fused-ring (bicyclic) bond motifs is 2. The maximum atomic E-state index is 15.3. The first-order valence-corrected chi connectivity index (χ1v) is 33.7. The number of rotatable bonds is 24. The fraction of sp³-hybridized carbons (Fsp3) is 0.516. The number of carbonyl (C=O) groups excluding carboxylic acids is 8. The molecule has 0 bridgehead atoms. The van der Waals surface area contributed by atoms with E-state index in [-0.39, 0.29) is 55.3 Å². The van der Waals surface area contributed by atoms with Gasteiger partial charge in [0.25, 0.3) is 18.2 Å². The van der Waals surface area contributed by atoms with Crippen molar-refractivity contribution in [3.8, 4) is 38.4 Å². The normalized spacial score (nSPS) is 25.1. The number of aliphatic hydroxyl groups is 5. The molecule has 6 heterocycles. The van der Waals surface area contributed by atoms with Crippen LogP contribution in [0.5, 0.6) is 17.2 Å². The Morgan fingerprint density at radius 2 is 1.48 bits per heavy atom. The van der Waals surface area contributed by atoms with E-state index in [0.29, 0.717) is 27.7 Å². The van der Waals surface area contributed by atoms with Crippen molar-refractivity contribution in [3.05, 3.63) is 95.8 Å². The predicted molar refractivity (Wildman–Crippen MR) is 350 cm³/mol. The minimum absolute atomic E-state index is 0.0147. The number of unbranched alkanes of at least 4 members (excludes halogenated alkanes) is 4. The summed E-state index contributed by atoms with van der Waals surface area (Å²) in [6.07, 6.45) is -4.47. The topological polar surface area (TPSA) is 447 Å². The maximum absolute atomic E-state index is 15.3. The van der Waals surface area contributed by atoms with Gasteiger partial charge in [0.15, 0.2) is 11.5 Å². The summed E-state index contributed by atoms with van der Waals surface area (Å²) in [5, 5.41) is 107. The lowest BCUT2D eigenvalue weighted by atomic mass is 9.98. The Morgan fingerprint density at radius 3 is 2.15 bits per heavy atom. The Labute approximate surface area is 576 Å². The zero-order chi connectivity index (χ0) is 71.0. The van der Waals surface area contributed by atoms with Gasteiger partial charge in [0, 0.05) is 107 Å². The summed E-state index contributed by atoms with van der Waals surface area (Å²) in [7, 11) is 3.37. The fourth-order valence-corrected chi connectivity index (χ4v) is 13.2. The lowest BCUT2D eigenvalue weighted by molar-refractivity contribution is -0.433. The first-order valence-electron chi connectivity index (χ1n) is 32.2. The summed E-state index contributed by atoms with van der Waals surface area (Å²) < 4.78 is 27.9. The number of aryl methyl sites for hydroxylation is 1. The molecule has 3 aromatic carbocycles. The van der Waals surface area contributed by atoms with Crippen LogP contribution in [-0.2, 0) is 67.6 Å². The monoisotopic (exact) mass is 1420 g/mol. The lowest BCUT2D eigenvalue weighted by Gasteiger charge is -2.38. The zero-order valence-corrected chi connectivity index (χ0v) is 56.3. The fourth-order valence-electron chi connectivity index (χ4n) is 12.1. The summed E-state index contributed by atoms with van der Waals surface area (Å²) >= 11 is 1.37. The second-order valence-corrected chi connectivity index (χ2v) is 26.2. The number of benzene rings is 3. The van der Waals surface area contributed by atoms with E-state index in [1.807, 2.05) is 24.3 Å². The van der Waals surface area contributed by atoms with E-state index in [1.165, 1.54) is 58.3 Å². The molecule has 13 atom stereocenters. The third-order valence-electron chi connectivity index (χ3n) is 17.4. The number of hydrogen-bond donors (Lipinski definition) is 12. The van der Waals surface area contributed by atoms with Gasteiger partial charge in [-0.2, -0.15) is 5.10 Å². The van der Waals surface area contributed by atoms with E-state index in [4.69, 9.17) is 23.7 Å². The number of amides is 8. The predicted octanol–water partition coefficient (Wildman–Crippen LogP) is 0.649. The summed E-state index contributed by atoms with van der Waals surface area (Å²) in [5.74, 6) is -8.64. The van der Waals surface area contributed by atoms with Crippen molar-refractivity contribution in [2.24, 2.45) is 13.0 Å². The largest absolute Gasteiger partial charge is 0.504 e. The number of aromatic nitrogens is 4. The lowest BCUT2D eigenvalue weighted by Crippen LogP contribution is -2.65. The molecule has 9 rings (SSSR count). The average molecular weight is 1420 g/mol. The highest BCUT2D eigenvalue weighted by Gasteiger charge is 2.51. The van der Waals surface area contributed by atoms with E-state index in [2.05, 4.69) is 51.3 Å². The molecule has 33 nitrogen and oxygen atoms in total. The summed E-state index contributed by atoms with van der Waals surface area (Å²) in [5.41, 5.74) is 2.14. The Morgan fingerprint density at radius 1 is 0.798 bits per heavy atom. The summed E-state index contributed by atoms with van der Waals surface area (Å²) in [6, 6.07) is 5.97. The molecule has 35 heteroatoms. The molecular weight excluding hydrogens is 1340 g/mol. The number of carbonyl (C=O) groups is 8. The number of nitrogens with one attached hydrogen (secondary N) is 5. The number of β-amino-alcohol motifs (C(OH)–C–C–N with tert-alkyl or cyclic N) is 1. The van der Waals surface area contributed by atoms with E-state index in [0.717, 1.165) is 72.8 Å². The molecule has 536 valence electrons. The third-order valence-corrected chi connectivity index (χ3v) is 18.8. The van der Waals surface area contributed by atoms with E-state index >= 15 is 9.59 Å². The molecule has 5 aromatic rings.